The Bertz CT molecular complexity index is 842. The van der Waals surface area contributed by atoms with Crippen molar-refractivity contribution in [2.24, 2.45) is 5.92 Å². The summed E-state index contributed by atoms with van der Waals surface area (Å²) >= 11 is 3.50. The Morgan fingerprint density at radius 1 is 1.23 bits per heavy atom. The summed E-state index contributed by atoms with van der Waals surface area (Å²) in [6.07, 6.45) is 0.648. The van der Waals surface area contributed by atoms with E-state index in [2.05, 4.69) is 58.2 Å². The van der Waals surface area contributed by atoms with Crippen LogP contribution in [-0.4, -0.2) is 29.7 Å². The predicted molar refractivity (Wildman–Crippen MR) is 110 cm³/mol. The maximum absolute atomic E-state index is 12.2. The van der Waals surface area contributed by atoms with Crippen LogP contribution in [-0.2, 0) is 4.74 Å². The van der Waals surface area contributed by atoms with E-state index in [4.69, 9.17) is 4.74 Å². The number of anilines is 1. The molecule has 0 aromatic heterocycles. The molecule has 1 aliphatic rings. The summed E-state index contributed by atoms with van der Waals surface area (Å²) in [5.41, 5.74) is 1.48. The van der Waals surface area contributed by atoms with Crippen molar-refractivity contribution in [2.45, 2.75) is 32.8 Å². The standard InChI is InChI=1S/C21H25BrN2O2/c1-14(17-9-10-24(13-17)20(25)26-21(2,3)4)23-19-8-6-15-11-18(22)7-5-16(15)12-19/h5-8,11-12,17,23H,1,9-10,13H2,2-4H3. The fourth-order valence-corrected chi connectivity index (χ4v) is 3.50. The zero-order valence-corrected chi connectivity index (χ0v) is 17.1. The minimum absolute atomic E-state index is 0.225. The van der Waals surface area contributed by atoms with Gasteiger partial charge in [0, 0.05) is 34.9 Å². The number of benzene rings is 2. The number of ether oxygens (including phenoxy) is 1. The third-order valence-electron chi connectivity index (χ3n) is 4.44. The van der Waals surface area contributed by atoms with E-state index in [1.165, 1.54) is 10.8 Å². The summed E-state index contributed by atoms with van der Waals surface area (Å²) in [6, 6.07) is 12.5. The van der Waals surface area contributed by atoms with E-state index in [0.717, 1.165) is 22.3 Å². The van der Waals surface area contributed by atoms with Gasteiger partial charge in [0.15, 0.2) is 0 Å². The number of amides is 1. The number of hydrogen-bond acceptors (Lipinski definition) is 3. The van der Waals surface area contributed by atoms with E-state index in [-0.39, 0.29) is 12.0 Å². The number of nitrogens with zero attached hydrogens (tertiary/aromatic N) is 1. The smallest absolute Gasteiger partial charge is 0.410 e. The first-order valence-electron chi connectivity index (χ1n) is 8.84. The van der Waals surface area contributed by atoms with Gasteiger partial charge in [-0.25, -0.2) is 4.79 Å². The summed E-state index contributed by atoms with van der Waals surface area (Å²) in [6.45, 7) is 11.2. The SMILES string of the molecule is C=C(Nc1ccc2cc(Br)ccc2c1)C1CCN(C(=O)OC(C)(C)C)C1. The first-order chi connectivity index (χ1) is 12.2. The predicted octanol–water partition coefficient (Wildman–Crippen LogP) is 5.78. The average molecular weight is 417 g/mol. The number of hydrogen-bond donors (Lipinski definition) is 1. The van der Waals surface area contributed by atoms with Crippen molar-refractivity contribution >= 4 is 38.5 Å². The van der Waals surface area contributed by atoms with Crippen LogP contribution in [0.25, 0.3) is 10.8 Å². The monoisotopic (exact) mass is 416 g/mol. The second-order valence-electron chi connectivity index (χ2n) is 7.77. The van der Waals surface area contributed by atoms with E-state index < -0.39 is 5.60 Å². The van der Waals surface area contributed by atoms with E-state index >= 15 is 0 Å². The number of carbonyl (C=O) groups excluding carboxylic acids is 1. The molecule has 2 aromatic carbocycles. The molecule has 1 heterocycles. The number of halogens is 1. The van der Waals surface area contributed by atoms with Gasteiger partial charge in [0.05, 0.1) is 0 Å². The highest BCUT2D eigenvalue weighted by Gasteiger charge is 2.31. The van der Waals surface area contributed by atoms with Gasteiger partial charge in [-0.3, -0.25) is 0 Å². The Hall–Kier alpha value is -2.01. The van der Waals surface area contributed by atoms with Gasteiger partial charge in [0.25, 0.3) is 0 Å². The first kappa shape index (κ1) is 18.8. The molecule has 1 unspecified atom stereocenters. The van der Waals surface area contributed by atoms with Gasteiger partial charge in [-0.05, 0) is 62.2 Å². The lowest BCUT2D eigenvalue weighted by Crippen LogP contribution is -2.35. The molecule has 138 valence electrons. The Labute approximate surface area is 163 Å². The fraction of sp³-hybridized carbons (Fsp3) is 0.381. The molecule has 0 saturated carbocycles. The molecule has 1 saturated heterocycles. The number of fused-ring (bicyclic) bond motifs is 1. The molecule has 4 nitrogen and oxygen atoms in total. The van der Waals surface area contributed by atoms with Crippen LogP contribution in [0.1, 0.15) is 27.2 Å². The van der Waals surface area contributed by atoms with Gasteiger partial charge in [-0.2, -0.15) is 0 Å². The molecule has 0 aliphatic carbocycles. The van der Waals surface area contributed by atoms with Gasteiger partial charge in [0.2, 0.25) is 0 Å². The molecule has 0 spiro atoms. The van der Waals surface area contributed by atoms with E-state index in [9.17, 15) is 4.79 Å². The molecular weight excluding hydrogens is 392 g/mol. The Kier molecular flexibility index (Phi) is 5.28. The lowest BCUT2D eigenvalue weighted by molar-refractivity contribution is 0.0290. The largest absolute Gasteiger partial charge is 0.444 e. The minimum Gasteiger partial charge on any atom is -0.444 e. The van der Waals surface area contributed by atoms with Gasteiger partial charge < -0.3 is 15.0 Å². The maximum atomic E-state index is 12.2. The second kappa shape index (κ2) is 7.31. The number of nitrogens with one attached hydrogen (secondary N) is 1. The van der Waals surface area contributed by atoms with Gasteiger partial charge in [-0.1, -0.05) is 34.6 Å². The van der Waals surface area contributed by atoms with Crippen molar-refractivity contribution in [3.8, 4) is 0 Å². The van der Waals surface area contributed by atoms with Crippen molar-refractivity contribution < 1.29 is 9.53 Å². The van der Waals surface area contributed by atoms with Crippen LogP contribution in [0.4, 0.5) is 10.5 Å². The van der Waals surface area contributed by atoms with Crippen LogP contribution < -0.4 is 5.32 Å². The summed E-state index contributed by atoms with van der Waals surface area (Å²) in [4.78, 5) is 14.0. The second-order valence-corrected chi connectivity index (χ2v) is 8.68. The molecule has 26 heavy (non-hydrogen) atoms. The molecule has 2 aromatic rings. The van der Waals surface area contributed by atoms with Gasteiger partial charge in [0.1, 0.15) is 5.60 Å². The summed E-state index contributed by atoms with van der Waals surface area (Å²) in [5, 5.41) is 5.77. The number of likely N-dealkylation sites (tertiary alicyclic amines) is 1. The highest BCUT2D eigenvalue weighted by molar-refractivity contribution is 9.10. The molecule has 1 atom stereocenters. The molecule has 1 aliphatic heterocycles. The minimum atomic E-state index is -0.468. The Morgan fingerprint density at radius 2 is 1.92 bits per heavy atom. The van der Waals surface area contributed by atoms with Gasteiger partial charge >= 0.3 is 6.09 Å². The lowest BCUT2D eigenvalue weighted by Gasteiger charge is -2.24. The van der Waals surface area contributed by atoms with Crippen LogP contribution in [0.3, 0.4) is 0 Å². The Morgan fingerprint density at radius 3 is 2.65 bits per heavy atom. The third-order valence-corrected chi connectivity index (χ3v) is 4.93. The molecule has 0 radical (unpaired) electrons. The summed E-state index contributed by atoms with van der Waals surface area (Å²) < 4.78 is 6.53. The highest BCUT2D eigenvalue weighted by atomic mass is 79.9. The van der Waals surface area contributed by atoms with Crippen molar-refractivity contribution in [1.29, 1.82) is 0 Å². The molecule has 3 rings (SSSR count). The maximum Gasteiger partial charge on any atom is 0.410 e. The van der Waals surface area contributed by atoms with Gasteiger partial charge in [-0.15, -0.1) is 0 Å². The van der Waals surface area contributed by atoms with Crippen LogP contribution in [0.5, 0.6) is 0 Å². The van der Waals surface area contributed by atoms with E-state index in [1.54, 1.807) is 4.90 Å². The van der Waals surface area contributed by atoms with Crippen LogP contribution in [0, 0.1) is 5.92 Å². The zero-order chi connectivity index (χ0) is 18.9. The number of carbonyl (C=O) groups is 1. The van der Waals surface area contributed by atoms with Crippen LogP contribution >= 0.6 is 15.9 Å². The molecule has 1 N–H and O–H groups in total. The quantitative estimate of drug-likeness (QED) is 0.688. The third kappa shape index (κ3) is 4.58. The highest BCUT2D eigenvalue weighted by Crippen LogP contribution is 2.28. The topological polar surface area (TPSA) is 41.6 Å². The van der Waals surface area contributed by atoms with Crippen molar-refractivity contribution in [1.82, 2.24) is 4.90 Å². The van der Waals surface area contributed by atoms with E-state index in [1.807, 2.05) is 26.8 Å². The molecule has 1 amide bonds. The van der Waals surface area contributed by atoms with Crippen molar-refractivity contribution in [2.75, 3.05) is 18.4 Å². The lowest BCUT2D eigenvalue weighted by atomic mass is 10.0. The molecular formula is C21H25BrN2O2. The van der Waals surface area contributed by atoms with Crippen LogP contribution in [0.2, 0.25) is 0 Å². The summed E-state index contributed by atoms with van der Waals surface area (Å²) in [7, 11) is 0. The van der Waals surface area contributed by atoms with Crippen LogP contribution in [0.15, 0.2) is 53.1 Å². The molecule has 0 bridgehead atoms. The average Bonchev–Trinajstić information content (AvgIpc) is 3.04. The molecule has 1 fully saturated rings. The first-order valence-corrected chi connectivity index (χ1v) is 9.64. The number of rotatable bonds is 3. The molecule has 5 heteroatoms. The zero-order valence-electron chi connectivity index (χ0n) is 15.5. The van der Waals surface area contributed by atoms with Crippen molar-refractivity contribution in [3.63, 3.8) is 0 Å². The van der Waals surface area contributed by atoms with Crippen molar-refractivity contribution in [3.05, 3.63) is 53.1 Å². The fourth-order valence-electron chi connectivity index (χ4n) is 3.12. The normalized spacial score (nSPS) is 17.4. The van der Waals surface area contributed by atoms with E-state index in [0.29, 0.717) is 13.1 Å². The summed E-state index contributed by atoms with van der Waals surface area (Å²) in [5.74, 6) is 0.225. The Balaban J connectivity index is 1.62.